The molecule has 0 bridgehead atoms. The van der Waals surface area contributed by atoms with Crippen LogP contribution in [0.1, 0.15) is 5.56 Å². The summed E-state index contributed by atoms with van der Waals surface area (Å²) in [5, 5.41) is 1.65. The van der Waals surface area contributed by atoms with E-state index in [1.165, 1.54) is 0 Å². The molecular formula is C20H23ClN4O3. The van der Waals surface area contributed by atoms with Crippen LogP contribution in [0.4, 0.5) is 0 Å². The number of rotatable bonds is 2. The number of carbonyl (C=O) groups is 2. The number of morpholine rings is 1. The van der Waals surface area contributed by atoms with Gasteiger partial charge in [0.05, 0.1) is 18.7 Å². The number of aromatic nitrogens is 1. The number of hydrogen-bond donors (Lipinski definition) is 0. The molecule has 7 nitrogen and oxygen atoms in total. The number of carbonyl (C=O) groups excluding carboxylic acids is 2. The van der Waals surface area contributed by atoms with Gasteiger partial charge in [-0.2, -0.15) is 0 Å². The first kappa shape index (κ1) is 19.1. The van der Waals surface area contributed by atoms with Crippen molar-refractivity contribution in [1.82, 2.24) is 19.7 Å². The SMILES string of the molecule is O=C(C(=O)N1CCN(Cc2ccc(Cl)c3cccnc23)CC1)N1CCOCC1. The van der Waals surface area contributed by atoms with Crippen molar-refractivity contribution >= 4 is 34.3 Å². The molecule has 0 radical (unpaired) electrons. The Morgan fingerprint density at radius 1 is 0.964 bits per heavy atom. The Labute approximate surface area is 168 Å². The fourth-order valence-electron chi connectivity index (χ4n) is 3.71. The Morgan fingerprint density at radius 2 is 1.64 bits per heavy atom. The summed E-state index contributed by atoms with van der Waals surface area (Å²) >= 11 is 6.28. The summed E-state index contributed by atoms with van der Waals surface area (Å²) in [7, 11) is 0. The van der Waals surface area contributed by atoms with E-state index < -0.39 is 11.8 Å². The van der Waals surface area contributed by atoms with Crippen molar-refractivity contribution in [3.63, 3.8) is 0 Å². The molecular weight excluding hydrogens is 380 g/mol. The maximum Gasteiger partial charge on any atom is 0.312 e. The van der Waals surface area contributed by atoms with E-state index in [0.717, 1.165) is 36.1 Å². The van der Waals surface area contributed by atoms with Gasteiger partial charge in [-0.3, -0.25) is 19.5 Å². The van der Waals surface area contributed by atoms with Crippen LogP contribution < -0.4 is 0 Å². The molecule has 0 saturated carbocycles. The van der Waals surface area contributed by atoms with Gasteiger partial charge in [-0.15, -0.1) is 0 Å². The molecule has 1 aromatic heterocycles. The summed E-state index contributed by atoms with van der Waals surface area (Å²) in [5.41, 5.74) is 2.03. The van der Waals surface area contributed by atoms with Crippen molar-refractivity contribution in [2.75, 3.05) is 52.5 Å². The lowest BCUT2D eigenvalue weighted by molar-refractivity contribution is -0.155. The average molecular weight is 403 g/mol. The normalized spacial score (nSPS) is 18.5. The van der Waals surface area contributed by atoms with Crippen LogP contribution in [0.3, 0.4) is 0 Å². The molecule has 2 saturated heterocycles. The molecule has 0 atom stereocenters. The lowest BCUT2D eigenvalue weighted by atomic mass is 10.1. The summed E-state index contributed by atoms with van der Waals surface area (Å²) in [6.45, 7) is 5.25. The standard InChI is InChI=1S/C20H23ClN4O3/c21-17-4-3-15(18-16(17)2-1-5-22-18)14-23-6-8-24(9-7-23)19(26)20(27)25-10-12-28-13-11-25/h1-5H,6-14H2. The van der Waals surface area contributed by atoms with E-state index in [1.54, 1.807) is 16.0 Å². The molecule has 2 aliphatic rings. The minimum absolute atomic E-state index is 0.403. The van der Waals surface area contributed by atoms with Gasteiger partial charge in [0.25, 0.3) is 0 Å². The molecule has 2 aromatic rings. The number of hydrogen-bond acceptors (Lipinski definition) is 5. The van der Waals surface area contributed by atoms with Gasteiger partial charge in [0.2, 0.25) is 0 Å². The number of fused-ring (bicyclic) bond motifs is 1. The first-order valence-corrected chi connectivity index (χ1v) is 9.91. The maximum atomic E-state index is 12.5. The Morgan fingerprint density at radius 3 is 2.36 bits per heavy atom. The average Bonchev–Trinajstić information content (AvgIpc) is 2.76. The third kappa shape index (κ3) is 3.97. The number of pyridine rings is 1. The molecule has 2 amide bonds. The Balaban J connectivity index is 1.36. The van der Waals surface area contributed by atoms with Crippen molar-refractivity contribution in [3.05, 3.63) is 41.0 Å². The fraction of sp³-hybridized carbons (Fsp3) is 0.450. The molecule has 28 heavy (non-hydrogen) atoms. The third-order valence-electron chi connectivity index (χ3n) is 5.33. The van der Waals surface area contributed by atoms with E-state index >= 15 is 0 Å². The number of benzene rings is 1. The highest BCUT2D eigenvalue weighted by Crippen LogP contribution is 2.25. The lowest BCUT2D eigenvalue weighted by Gasteiger charge is -2.36. The van der Waals surface area contributed by atoms with Gasteiger partial charge in [-0.1, -0.05) is 17.7 Å². The van der Waals surface area contributed by atoms with Crippen molar-refractivity contribution in [1.29, 1.82) is 0 Å². The quantitative estimate of drug-likeness (QED) is 0.710. The number of amides is 2. The molecule has 1 aromatic carbocycles. The largest absolute Gasteiger partial charge is 0.378 e. The van der Waals surface area contributed by atoms with E-state index in [-0.39, 0.29) is 0 Å². The van der Waals surface area contributed by atoms with Crippen LogP contribution in [0.5, 0.6) is 0 Å². The zero-order chi connectivity index (χ0) is 19.5. The van der Waals surface area contributed by atoms with Crippen LogP contribution in [0.2, 0.25) is 5.02 Å². The summed E-state index contributed by atoms with van der Waals surface area (Å²) in [6.07, 6.45) is 1.77. The van der Waals surface area contributed by atoms with Gasteiger partial charge >= 0.3 is 11.8 Å². The van der Waals surface area contributed by atoms with Gasteiger partial charge in [0.1, 0.15) is 0 Å². The maximum absolute atomic E-state index is 12.5. The minimum atomic E-state index is -0.412. The number of piperazine rings is 1. The highest BCUT2D eigenvalue weighted by atomic mass is 35.5. The summed E-state index contributed by atoms with van der Waals surface area (Å²) < 4.78 is 5.24. The van der Waals surface area contributed by atoms with Crippen molar-refractivity contribution in [2.45, 2.75) is 6.54 Å². The van der Waals surface area contributed by atoms with E-state index in [4.69, 9.17) is 16.3 Å². The monoisotopic (exact) mass is 402 g/mol. The molecule has 4 rings (SSSR count). The predicted octanol–water partition coefficient (Wildman–Crippen LogP) is 1.39. The van der Waals surface area contributed by atoms with Crippen LogP contribution in [-0.4, -0.2) is 84.0 Å². The van der Waals surface area contributed by atoms with Crippen LogP contribution in [0, 0.1) is 0 Å². The van der Waals surface area contributed by atoms with Gasteiger partial charge in [0, 0.05) is 62.4 Å². The zero-order valence-electron chi connectivity index (χ0n) is 15.6. The van der Waals surface area contributed by atoms with Crippen molar-refractivity contribution < 1.29 is 14.3 Å². The predicted molar refractivity (Wildman–Crippen MR) is 106 cm³/mol. The van der Waals surface area contributed by atoms with Gasteiger partial charge in [-0.25, -0.2) is 0 Å². The molecule has 2 fully saturated rings. The number of nitrogens with zero attached hydrogens (tertiary/aromatic N) is 4. The van der Waals surface area contributed by atoms with Crippen LogP contribution in [0.15, 0.2) is 30.5 Å². The van der Waals surface area contributed by atoms with Crippen molar-refractivity contribution in [3.8, 4) is 0 Å². The smallest absolute Gasteiger partial charge is 0.312 e. The third-order valence-corrected chi connectivity index (χ3v) is 5.66. The Kier molecular flexibility index (Phi) is 5.75. The van der Waals surface area contributed by atoms with E-state index in [1.807, 2.05) is 24.3 Å². The number of ether oxygens (including phenoxy) is 1. The minimum Gasteiger partial charge on any atom is -0.378 e. The van der Waals surface area contributed by atoms with Gasteiger partial charge in [-0.05, 0) is 23.8 Å². The molecule has 0 aliphatic carbocycles. The highest BCUT2D eigenvalue weighted by molar-refractivity contribution is 6.35. The first-order valence-electron chi connectivity index (χ1n) is 9.54. The van der Waals surface area contributed by atoms with Gasteiger partial charge < -0.3 is 14.5 Å². The van der Waals surface area contributed by atoms with E-state index in [0.29, 0.717) is 44.4 Å². The summed E-state index contributed by atoms with van der Waals surface area (Å²) in [4.78, 5) is 34.9. The number of halogens is 1. The Hall–Kier alpha value is -2.22. The summed E-state index contributed by atoms with van der Waals surface area (Å²) in [6, 6.07) is 7.77. The van der Waals surface area contributed by atoms with Crippen LogP contribution >= 0.6 is 11.6 Å². The molecule has 8 heteroatoms. The Bertz CT molecular complexity index is 877. The second kappa shape index (κ2) is 8.43. The topological polar surface area (TPSA) is 66.0 Å². The van der Waals surface area contributed by atoms with Gasteiger partial charge in [0.15, 0.2) is 0 Å². The molecule has 148 valence electrons. The second-order valence-corrected chi connectivity index (χ2v) is 7.49. The molecule has 0 N–H and O–H groups in total. The van der Waals surface area contributed by atoms with E-state index in [9.17, 15) is 9.59 Å². The van der Waals surface area contributed by atoms with Crippen molar-refractivity contribution in [2.24, 2.45) is 0 Å². The van der Waals surface area contributed by atoms with Crippen LogP contribution in [0.25, 0.3) is 10.9 Å². The lowest BCUT2D eigenvalue weighted by Crippen LogP contribution is -2.54. The molecule has 0 unspecified atom stereocenters. The molecule has 0 spiro atoms. The first-order chi connectivity index (χ1) is 13.6. The zero-order valence-corrected chi connectivity index (χ0v) is 16.4. The highest BCUT2D eigenvalue weighted by Gasteiger charge is 2.30. The molecule has 2 aliphatic heterocycles. The van der Waals surface area contributed by atoms with E-state index in [2.05, 4.69) is 9.88 Å². The molecule has 3 heterocycles. The summed E-state index contributed by atoms with van der Waals surface area (Å²) in [5.74, 6) is -0.815. The fourth-order valence-corrected chi connectivity index (χ4v) is 3.93. The van der Waals surface area contributed by atoms with Crippen LogP contribution in [-0.2, 0) is 20.9 Å². The second-order valence-electron chi connectivity index (χ2n) is 7.08.